The maximum Gasteiger partial charge on any atom is 0.236 e. The molecule has 36 heavy (non-hydrogen) atoms. The number of ether oxygens (including phenoxy) is 1. The van der Waals surface area contributed by atoms with Crippen molar-refractivity contribution in [1.29, 1.82) is 0 Å². The Morgan fingerprint density at radius 2 is 1.97 bits per heavy atom. The van der Waals surface area contributed by atoms with Crippen molar-refractivity contribution in [3.63, 3.8) is 0 Å². The van der Waals surface area contributed by atoms with Crippen molar-refractivity contribution in [3.8, 4) is 11.4 Å². The van der Waals surface area contributed by atoms with Crippen molar-refractivity contribution >= 4 is 23.3 Å². The number of carbonyl (C=O) groups is 1. The molecule has 9 nitrogen and oxygen atoms in total. The molecule has 0 saturated carbocycles. The van der Waals surface area contributed by atoms with Gasteiger partial charge < -0.3 is 14.5 Å². The quantitative estimate of drug-likeness (QED) is 0.518. The number of halogens is 2. The zero-order valence-corrected chi connectivity index (χ0v) is 21.4. The molecule has 5 rings (SSSR count). The molecule has 11 heteroatoms. The van der Waals surface area contributed by atoms with E-state index in [9.17, 15) is 9.18 Å². The van der Waals surface area contributed by atoms with Gasteiger partial charge in [0.25, 0.3) is 0 Å². The summed E-state index contributed by atoms with van der Waals surface area (Å²) in [6.07, 6.45) is 2.90. The Morgan fingerprint density at radius 3 is 2.69 bits per heavy atom. The Hall–Kier alpha value is -3.24. The minimum Gasteiger partial charge on any atom is -0.493 e. The smallest absolute Gasteiger partial charge is 0.236 e. The number of nitrogens with zero attached hydrogens (tertiary/aromatic N) is 7. The summed E-state index contributed by atoms with van der Waals surface area (Å²) in [5.41, 5.74) is 2.03. The van der Waals surface area contributed by atoms with E-state index < -0.39 is 5.82 Å². The van der Waals surface area contributed by atoms with Crippen molar-refractivity contribution in [2.75, 3.05) is 45.7 Å². The first kappa shape index (κ1) is 24.5. The lowest BCUT2D eigenvalue weighted by Gasteiger charge is -2.33. The molecular weight excluding hydrogens is 485 g/mol. The first-order valence-corrected chi connectivity index (χ1v) is 12.3. The van der Waals surface area contributed by atoms with Gasteiger partial charge in [-0.3, -0.25) is 14.3 Å². The number of amides is 1. The zero-order chi connectivity index (χ0) is 25.4. The molecular formula is C25H29ClFN7O2. The summed E-state index contributed by atoms with van der Waals surface area (Å²) in [5.74, 6) is 2.60. The van der Waals surface area contributed by atoms with Gasteiger partial charge in [-0.05, 0) is 36.6 Å². The SMILES string of the molecule is COc1cc(F)cnc1N1CCC(c2nnc3n2-c2ccc(Cl)cc2CN(CC(=O)N(C)C)C3)CC1. The lowest BCUT2D eigenvalue weighted by Crippen LogP contribution is -2.35. The third-order valence-electron chi connectivity index (χ3n) is 6.83. The van der Waals surface area contributed by atoms with E-state index in [2.05, 4.69) is 29.5 Å². The molecule has 0 bridgehead atoms. The fourth-order valence-corrected chi connectivity index (χ4v) is 5.15. The van der Waals surface area contributed by atoms with Crippen molar-refractivity contribution in [3.05, 3.63) is 58.5 Å². The highest BCUT2D eigenvalue weighted by Crippen LogP contribution is 2.36. The minimum absolute atomic E-state index is 0.0315. The molecule has 1 fully saturated rings. The summed E-state index contributed by atoms with van der Waals surface area (Å²) < 4.78 is 21.1. The van der Waals surface area contributed by atoms with Crippen LogP contribution in [-0.4, -0.2) is 76.3 Å². The molecule has 1 amide bonds. The van der Waals surface area contributed by atoms with Gasteiger partial charge in [-0.15, -0.1) is 10.2 Å². The van der Waals surface area contributed by atoms with E-state index in [4.69, 9.17) is 16.3 Å². The van der Waals surface area contributed by atoms with E-state index in [-0.39, 0.29) is 18.4 Å². The van der Waals surface area contributed by atoms with Gasteiger partial charge in [0, 0.05) is 50.7 Å². The summed E-state index contributed by atoms with van der Waals surface area (Å²) in [7, 11) is 5.04. The second-order valence-electron chi connectivity index (χ2n) is 9.46. The average Bonchev–Trinajstić information content (AvgIpc) is 3.20. The van der Waals surface area contributed by atoms with Crippen molar-refractivity contribution in [2.24, 2.45) is 0 Å². The lowest BCUT2D eigenvalue weighted by atomic mass is 9.95. The number of fused-ring (bicyclic) bond motifs is 3. The van der Waals surface area contributed by atoms with Crippen LogP contribution in [0, 0.1) is 5.82 Å². The molecule has 0 unspecified atom stereocenters. The van der Waals surface area contributed by atoms with Gasteiger partial charge in [-0.1, -0.05) is 11.6 Å². The van der Waals surface area contributed by atoms with Crippen LogP contribution in [0.2, 0.25) is 5.02 Å². The Labute approximate surface area is 214 Å². The topological polar surface area (TPSA) is 79.6 Å². The number of likely N-dealkylation sites (N-methyl/N-ethyl adjacent to an activating group) is 1. The average molecular weight is 514 g/mol. The van der Waals surface area contributed by atoms with Crippen LogP contribution in [0.25, 0.3) is 5.69 Å². The Kier molecular flexibility index (Phi) is 6.81. The van der Waals surface area contributed by atoms with Gasteiger partial charge in [-0.2, -0.15) is 0 Å². The summed E-state index contributed by atoms with van der Waals surface area (Å²) in [4.78, 5) is 22.5. The number of benzene rings is 1. The molecule has 2 aliphatic heterocycles. The van der Waals surface area contributed by atoms with Crippen LogP contribution >= 0.6 is 11.6 Å². The van der Waals surface area contributed by atoms with Crippen molar-refractivity contribution in [1.82, 2.24) is 29.5 Å². The van der Waals surface area contributed by atoms with Gasteiger partial charge >= 0.3 is 0 Å². The maximum absolute atomic E-state index is 13.6. The molecule has 0 aliphatic carbocycles. The summed E-state index contributed by atoms with van der Waals surface area (Å²) >= 11 is 6.35. The molecule has 190 valence electrons. The van der Waals surface area contributed by atoms with Gasteiger partial charge in [0.2, 0.25) is 5.91 Å². The van der Waals surface area contributed by atoms with Crippen molar-refractivity contribution < 1.29 is 13.9 Å². The summed E-state index contributed by atoms with van der Waals surface area (Å²) in [5, 5.41) is 9.83. The van der Waals surface area contributed by atoms with Crippen LogP contribution < -0.4 is 9.64 Å². The highest BCUT2D eigenvalue weighted by atomic mass is 35.5. The van der Waals surface area contributed by atoms with Gasteiger partial charge in [0.05, 0.1) is 32.1 Å². The largest absolute Gasteiger partial charge is 0.493 e. The molecule has 4 heterocycles. The number of methoxy groups -OCH3 is 1. The Morgan fingerprint density at radius 1 is 1.19 bits per heavy atom. The van der Waals surface area contributed by atoms with E-state index in [1.807, 2.05) is 18.2 Å². The molecule has 0 spiro atoms. The van der Waals surface area contributed by atoms with Crippen LogP contribution in [-0.2, 0) is 17.9 Å². The Balaban J connectivity index is 1.42. The lowest BCUT2D eigenvalue weighted by molar-refractivity contribution is -0.130. The molecule has 0 N–H and O–H groups in total. The number of piperidine rings is 1. The number of aromatic nitrogens is 4. The fraction of sp³-hybridized carbons (Fsp3) is 0.440. The van der Waals surface area contributed by atoms with E-state index >= 15 is 0 Å². The predicted octanol–water partition coefficient (Wildman–Crippen LogP) is 3.25. The van der Waals surface area contributed by atoms with Gasteiger partial charge in [0.1, 0.15) is 11.6 Å². The van der Waals surface area contributed by atoms with E-state index in [1.165, 1.54) is 19.4 Å². The summed E-state index contributed by atoms with van der Waals surface area (Å²) in [6.45, 7) is 2.85. The third kappa shape index (κ3) is 4.75. The number of hydrogen-bond acceptors (Lipinski definition) is 7. The van der Waals surface area contributed by atoms with Crippen LogP contribution in [0.4, 0.5) is 10.2 Å². The molecule has 1 saturated heterocycles. The predicted molar refractivity (Wildman–Crippen MR) is 134 cm³/mol. The molecule has 2 aliphatic rings. The molecule has 2 aromatic heterocycles. The molecule has 3 aromatic rings. The standard InChI is InChI=1S/C25H29ClFN7O2/c1-31(2)23(35)15-32-13-17-10-18(26)4-5-20(17)34-22(14-32)29-30-24(34)16-6-8-33(9-7-16)25-21(36-3)11-19(27)12-28-25/h4-5,10-12,16H,6-9,13-15H2,1-3H3. The monoisotopic (exact) mass is 513 g/mol. The molecule has 1 aromatic carbocycles. The number of hydrogen-bond donors (Lipinski definition) is 0. The highest BCUT2D eigenvalue weighted by molar-refractivity contribution is 6.30. The molecule has 0 atom stereocenters. The third-order valence-corrected chi connectivity index (χ3v) is 7.07. The second-order valence-corrected chi connectivity index (χ2v) is 9.89. The first-order valence-electron chi connectivity index (χ1n) is 11.9. The van der Waals surface area contributed by atoms with Crippen molar-refractivity contribution in [2.45, 2.75) is 31.8 Å². The number of anilines is 1. The van der Waals surface area contributed by atoms with E-state index in [0.717, 1.165) is 48.8 Å². The fourth-order valence-electron chi connectivity index (χ4n) is 4.95. The van der Waals surface area contributed by atoms with Crippen LogP contribution in [0.5, 0.6) is 5.75 Å². The van der Waals surface area contributed by atoms with Gasteiger partial charge in [-0.25, -0.2) is 9.37 Å². The van der Waals surface area contributed by atoms with Crippen LogP contribution in [0.1, 0.15) is 36.0 Å². The van der Waals surface area contributed by atoms with Crippen LogP contribution in [0.15, 0.2) is 30.5 Å². The molecule has 0 radical (unpaired) electrons. The number of carbonyl (C=O) groups excluding carboxylic acids is 1. The number of pyridine rings is 1. The Bertz CT molecular complexity index is 1270. The maximum atomic E-state index is 13.6. The normalized spacial score (nSPS) is 16.3. The first-order chi connectivity index (χ1) is 17.3. The van der Waals surface area contributed by atoms with Gasteiger partial charge in [0.15, 0.2) is 17.4 Å². The summed E-state index contributed by atoms with van der Waals surface area (Å²) in [6, 6.07) is 7.21. The zero-order valence-electron chi connectivity index (χ0n) is 20.6. The highest BCUT2D eigenvalue weighted by Gasteiger charge is 2.31. The second kappa shape index (κ2) is 10.0. The van der Waals surface area contributed by atoms with Crippen LogP contribution in [0.3, 0.4) is 0 Å². The number of rotatable bonds is 5. The minimum atomic E-state index is -0.420. The van der Waals surface area contributed by atoms with E-state index in [0.29, 0.717) is 29.7 Å². The van der Waals surface area contributed by atoms with E-state index in [1.54, 1.807) is 19.0 Å².